The molecule has 0 saturated heterocycles. The standard InChI is InChI=1S/C10H12N4OS/c1-8(14-5-2-3-12-14)7-9(15)13-10-11-4-6-16-10/h2-6,8H,7H2,1H3,(H,11,13,15)/t8-/m1/s1. The zero-order valence-electron chi connectivity index (χ0n) is 8.83. The van der Waals surface area contributed by atoms with Crippen LogP contribution >= 0.6 is 11.3 Å². The Morgan fingerprint density at radius 2 is 2.50 bits per heavy atom. The van der Waals surface area contributed by atoms with Crippen LogP contribution in [0, 0.1) is 0 Å². The molecule has 1 N–H and O–H groups in total. The predicted octanol–water partition coefficient (Wildman–Crippen LogP) is 1.93. The first kappa shape index (κ1) is 10.8. The number of carbonyl (C=O) groups excluding carboxylic acids is 1. The van der Waals surface area contributed by atoms with Gasteiger partial charge in [-0.3, -0.25) is 9.48 Å². The Kier molecular flexibility index (Phi) is 3.31. The summed E-state index contributed by atoms with van der Waals surface area (Å²) >= 11 is 1.41. The number of anilines is 1. The maximum Gasteiger partial charge on any atom is 0.228 e. The first-order valence-corrected chi connectivity index (χ1v) is 5.82. The molecule has 1 atom stereocenters. The van der Waals surface area contributed by atoms with Crippen LogP contribution in [0.15, 0.2) is 30.0 Å². The SMILES string of the molecule is C[C@H](CC(=O)Nc1nccs1)n1cccn1. The van der Waals surface area contributed by atoms with E-state index in [0.29, 0.717) is 11.6 Å². The van der Waals surface area contributed by atoms with Gasteiger partial charge in [0.15, 0.2) is 5.13 Å². The summed E-state index contributed by atoms with van der Waals surface area (Å²) in [6, 6.07) is 1.89. The molecular formula is C10H12N4OS. The Bertz CT molecular complexity index is 437. The third-order valence-corrected chi connectivity index (χ3v) is 2.82. The van der Waals surface area contributed by atoms with Crippen molar-refractivity contribution in [3.8, 4) is 0 Å². The van der Waals surface area contributed by atoms with Gasteiger partial charge in [-0.15, -0.1) is 11.3 Å². The van der Waals surface area contributed by atoms with E-state index < -0.39 is 0 Å². The molecule has 84 valence electrons. The van der Waals surface area contributed by atoms with Crippen LogP contribution in [0.3, 0.4) is 0 Å². The van der Waals surface area contributed by atoms with Crippen LogP contribution in [0.5, 0.6) is 0 Å². The van der Waals surface area contributed by atoms with Crippen molar-refractivity contribution in [2.24, 2.45) is 0 Å². The van der Waals surface area contributed by atoms with E-state index in [1.54, 1.807) is 17.1 Å². The van der Waals surface area contributed by atoms with Gasteiger partial charge in [-0.05, 0) is 13.0 Å². The van der Waals surface area contributed by atoms with Crippen LogP contribution in [-0.4, -0.2) is 20.7 Å². The molecule has 0 aromatic carbocycles. The van der Waals surface area contributed by atoms with E-state index in [9.17, 15) is 4.79 Å². The number of hydrogen-bond acceptors (Lipinski definition) is 4. The van der Waals surface area contributed by atoms with Gasteiger partial charge in [0.05, 0.1) is 6.04 Å². The van der Waals surface area contributed by atoms with Crippen LogP contribution in [0.1, 0.15) is 19.4 Å². The van der Waals surface area contributed by atoms with Gasteiger partial charge in [-0.25, -0.2) is 4.98 Å². The molecule has 2 aromatic rings. The topological polar surface area (TPSA) is 59.8 Å². The highest BCUT2D eigenvalue weighted by molar-refractivity contribution is 7.13. The molecule has 0 aliphatic rings. The van der Waals surface area contributed by atoms with Crippen molar-refractivity contribution < 1.29 is 4.79 Å². The summed E-state index contributed by atoms with van der Waals surface area (Å²) in [4.78, 5) is 15.6. The summed E-state index contributed by atoms with van der Waals surface area (Å²) < 4.78 is 1.77. The van der Waals surface area contributed by atoms with E-state index in [1.807, 2.05) is 24.6 Å². The highest BCUT2D eigenvalue weighted by atomic mass is 32.1. The molecule has 0 aliphatic carbocycles. The summed E-state index contributed by atoms with van der Waals surface area (Å²) in [6.45, 7) is 1.95. The minimum atomic E-state index is -0.0436. The average Bonchev–Trinajstić information content (AvgIpc) is 2.88. The molecular weight excluding hydrogens is 224 g/mol. The summed E-state index contributed by atoms with van der Waals surface area (Å²) in [5, 5.41) is 9.29. The molecule has 0 spiro atoms. The van der Waals surface area contributed by atoms with Gasteiger partial charge in [-0.1, -0.05) is 0 Å². The number of aromatic nitrogens is 3. The van der Waals surface area contributed by atoms with Crippen molar-refractivity contribution in [1.82, 2.24) is 14.8 Å². The van der Waals surface area contributed by atoms with E-state index in [0.717, 1.165) is 0 Å². The third-order valence-electron chi connectivity index (χ3n) is 2.14. The second kappa shape index (κ2) is 4.89. The van der Waals surface area contributed by atoms with Gasteiger partial charge in [0, 0.05) is 30.4 Å². The number of amides is 1. The minimum Gasteiger partial charge on any atom is -0.302 e. The van der Waals surface area contributed by atoms with E-state index >= 15 is 0 Å². The van der Waals surface area contributed by atoms with Crippen molar-refractivity contribution >= 4 is 22.4 Å². The van der Waals surface area contributed by atoms with Gasteiger partial charge >= 0.3 is 0 Å². The summed E-state index contributed by atoms with van der Waals surface area (Å²) in [5.41, 5.74) is 0. The highest BCUT2D eigenvalue weighted by Gasteiger charge is 2.11. The van der Waals surface area contributed by atoms with Crippen LogP contribution in [0.2, 0.25) is 0 Å². The molecule has 0 bridgehead atoms. The average molecular weight is 236 g/mol. The second-order valence-electron chi connectivity index (χ2n) is 3.42. The summed E-state index contributed by atoms with van der Waals surface area (Å²) in [6.07, 6.45) is 5.61. The second-order valence-corrected chi connectivity index (χ2v) is 4.32. The molecule has 0 aliphatic heterocycles. The van der Waals surface area contributed by atoms with E-state index in [1.165, 1.54) is 11.3 Å². The molecule has 0 radical (unpaired) electrons. The van der Waals surface area contributed by atoms with Crippen molar-refractivity contribution in [3.63, 3.8) is 0 Å². The number of carbonyl (C=O) groups is 1. The molecule has 2 aromatic heterocycles. The van der Waals surface area contributed by atoms with Crippen molar-refractivity contribution in [3.05, 3.63) is 30.0 Å². The van der Waals surface area contributed by atoms with Crippen LogP contribution in [-0.2, 0) is 4.79 Å². The zero-order chi connectivity index (χ0) is 11.4. The van der Waals surface area contributed by atoms with E-state index in [4.69, 9.17) is 0 Å². The Balaban J connectivity index is 1.88. The lowest BCUT2D eigenvalue weighted by Gasteiger charge is -2.10. The lowest BCUT2D eigenvalue weighted by molar-refractivity contribution is -0.116. The van der Waals surface area contributed by atoms with E-state index in [-0.39, 0.29) is 11.9 Å². The van der Waals surface area contributed by atoms with Gasteiger partial charge in [0.25, 0.3) is 0 Å². The Labute approximate surface area is 97.1 Å². The van der Waals surface area contributed by atoms with Crippen molar-refractivity contribution in [2.75, 3.05) is 5.32 Å². The monoisotopic (exact) mass is 236 g/mol. The highest BCUT2D eigenvalue weighted by Crippen LogP contribution is 2.13. The number of nitrogens with zero attached hydrogens (tertiary/aromatic N) is 3. The molecule has 0 saturated carbocycles. The number of nitrogens with one attached hydrogen (secondary N) is 1. The quantitative estimate of drug-likeness (QED) is 0.882. The normalized spacial score (nSPS) is 12.3. The van der Waals surface area contributed by atoms with Gasteiger partial charge < -0.3 is 5.32 Å². The summed E-state index contributed by atoms with van der Waals surface area (Å²) in [5.74, 6) is -0.0436. The fourth-order valence-electron chi connectivity index (χ4n) is 1.36. The molecule has 2 rings (SSSR count). The van der Waals surface area contributed by atoms with Crippen LogP contribution in [0.4, 0.5) is 5.13 Å². The Morgan fingerprint density at radius 1 is 1.62 bits per heavy atom. The fraction of sp³-hybridized carbons (Fsp3) is 0.300. The van der Waals surface area contributed by atoms with Crippen LogP contribution < -0.4 is 5.32 Å². The van der Waals surface area contributed by atoms with Crippen molar-refractivity contribution in [1.29, 1.82) is 0 Å². The number of hydrogen-bond donors (Lipinski definition) is 1. The maximum atomic E-state index is 11.6. The van der Waals surface area contributed by atoms with E-state index in [2.05, 4.69) is 15.4 Å². The van der Waals surface area contributed by atoms with Gasteiger partial charge in [0.2, 0.25) is 5.91 Å². The van der Waals surface area contributed by atoms with Gasteiger partial charge in [0.1, 0.15) is 0 Å². The van der Waals surface area contributed by atoms with Gasteiger partial charge in [-0.2, -0.15) is 5.10 Å². The molecule has 16 heavy (non-hydrogen) atoms. The summed E-state index contributed by atoms with van der Waals surface area (Å²) in [7, 11) is 0. The lowest BCUT2D eigenvalue weighted by Crippen LogP contribution is -2.17. The van der Waals surface area contributed by atoms with Crippen molar-refractivity contribution in [2.45, 2.75) is 19.4 Å². The molecule has 6 heteroatoms. The smallest absolute Gasteiger partial charge is 0.228 e. The first-order chi connectivity index (χ1) is 7.75. The Morgan fingerprint density at radius 3 is 3.12 bits per heavy atom. The molecule has 0 unspecified atom stereocenters. The largest absolute Gasteiger partial charge is 0.302 e. The molecule has 5 nitrogen and oxygen atoms in total. The molecule has 0 fully saturated rings. The number of thiazole rings is 1. The zero-order valence-corrected chi connectivity index (χ0v) is 9.65. The third kappa shape index (κ3) is 2.66. The maximum absolute atomic E-state index is 11.6. The first-order valence-electron chi connectivity index (χ1n) is 4.94. The fourth-order valence-corrected chi connectivity index (χ4v) is 1.90. The predicted molar refractivity (Wildman–Crippen MR) is 62.3 cm³/mol. The number of rotatable bonds is 4. The molecule has 2 heterocycles. The molecule has 1 amide bonds. The lowest BCUT2D eigenvalue weighted by atomic mass is 10.2. The Hall–Kier alpha value is -1.69. The minimum absolute atomic E-state index is 0.0436. The van der Waals surface area contributed by atoms with Crippen LogP contribution in [0.25, 0.3) is 0 Å².